The van der Waals surface area contributed by atoms with Gasteiger partial charge in [-0.2, -0.15) is 0 Å². The Bertz CT molecular complexity index is 883. The van der Waals surface area contributed by atoms with Gasteiger partial charge in [0, 0.05) is 25.4 Å². The summed E-state index contributed by atoms with van der Waals surface area (Å²) in [6, 6.07) is 11.0. The molecule has 0 aliphatic rings. The molecule has 0 fully saturated rings. The minimum absolute atomic E-state index is 0.0415. The van der Waals surface area contributed by atoms with Gasteiger partial charge in [0.2, 0.25) is 5.91 Å². The van der Waals surface area contributed by atoms with E-state index in [1.54, 1.807) is 23.0 Å². The van der Waals surface area contributed by atoms with Gasteiger partial charge in [0.15, 0.2) is 5.58 Å². The number of fused-ring (bicyclic) bond motifs is 1. The topological polar surface area (TPSA) is 77.1 Å². The number of rotatable bonds is 6. The van der Waals surface area contributed by atoms with Crippen molar-refractivity contribution < 1.29 is 9.21 Å². The summed E-state index contributed by atoms with van der Waals surface area (Å²) in [4.78, 5) is 27.9. The van der Waals surface area contributed by atoms with Gasteiger partial charge in [-0.1, -0.05) is 12.1 Å². The average Bonchev–Trinajstić information content (AvgIpc) is 2.91. The number of amides is 1. The molecule has 3 aromatic rings. The van der Waals surface area contributed by atoms with Crippen molar-refractivity contribution in [1.29, 1.82) is 0 Å². The average molecular weight is 325 g/mol. The molecule has 2 aromatic heterocycles. The van der Waals surface area contributed by atoms with E-state index in [0.29, 0.717) is 25.0 Å². The Kier molecular flexibility index (Phi) is 4.74. The first-order valence-electron chi connectivity index (χ1n) is 7.93. The lowest BCUT2D eigenvalue weighted by Gasteiger charge is -2.14. The van der Waals surface area contributed by atoms with Gasteiger partial charge >= 0.3 is 5.76 Å². The fourth-order valence-electron chi connectivity index (χ4n) is 2.67. The summed E-state index contributed by atoms with van der Waals surface area (Å²) in [6.07, 6.45) is 4.32. The molecule has 1 unspecified atom stereocenters. The molecule has 3 rings (SSSR count). The first-order chi connectivity index (χ1) is 11.6. The molecule has 0 saturated heterocycles. The van der Waals surface area contributed by atoms with Gasteiger partial charge < -0.3 is 9.73 Å². The van der Waals surface area contributed by atoms with E-state index in [9.17, 15) is 9.59 Å². The van der Waals surface area contributed by atoms with Crippen LogP contribution in [0.15, 0.2) is 58.0 Å². The third-order valence-corrected chi connectivity index (χ3v) is 3.94. The van der Waals surface area contributed by atoms with E-state index in [4.69, 9.17) is 4.42 Å². The first-order valence-corrected chi connectivity index (χ1v) is 7.93. The second kappa shape index (κ2) is 7.12. The van der Waals surface area contributed by atoms with Crippen LogP contribution in [-0.4, -0.2) is 15.5 Å². The molecule has 0 aliphatic heterocycles. The minimum Gasteiger partial charge on any atom is -0.408 e. The van der Waals surface area contributed by atoms with Crippen molar-refractivity contribution in [2.24, 2.45) is 0 Å². The maximum Gasteiger partial charge on any atom is 0.419 e. The van der Waals surface area contributed by atoms with Crippen LogP contribution >= 0.6 is 0 Å². The molecule has 1 aromatic carbocycles. The van der Waals surface area contributed by atoms with Gasteiger partial charge in [0.25, 0.3) is 0 Å². The summed E-state index contributed by atoms with van der Waals surface area (Å²) in [5.41, 5.74) is 2.33. The summed E-state index contributed by atoms with van der Waals surface area (Å²) in [6.45, 7) is 2.38. The number of aromatic nitrogens is 2. The van der Waals surface area contributed by atoms with Gasteiger partial charge in [-0.3, -0.25) is 14.3 Å². The molecule has 0 aliphatic carbocycles. The van der Waals surface area contributed by atoms with Crippen LogP contribution in [0.5, 0.6) is 0 Å². The maximum absolute atomic E-state index is 12.1. The second-order valence-corrected chi connectivity index (χ2v) is 5.66. The number of carbonyl (C=O) groups is 1. The zero-order valence-electron chi connectivity index (χ0n) is 13.4. The van der Waals surface area contributed by atoms with E-state index < -0.39 is 0 Å². The molecule has 6 nitrogen and oxygen atoms in total. The van der Waals surface area contributed by atoms with Crippen LogP contribution in [0.1, 0.15) is 31.4 Å². The molecular weight excluding hydrogens is 306 g/mol. The Morgan fingerprint density at radius 1 is 1.25 bits per heavy atom. The quantitative estimate of drug-likeness (QED) is 0.756. The number of nitrogens with one attached hydrogen (secondary N) is 1. The predicted octanol–water partition coefficient (Wildman–Crippen LogP) is 2.65. The summed E-state index contributed by atoms with van der Waals surface area (Å²) in [5.74, 6) is -0.429. The van der Waals surface area contributed by atoms with Crippen molar-refractivity contribution in [3.05, 3.63) is 64.9 Å². The zero-order chi connectivity index (χ0) is 16.9. The highest BCUT2D eigenvalue weighted by Gasteiger charge is 2.11. The van der Waals surface area contributed by atoms with Crippen LogP contribution < -0.4 is 11.1 Å². The molecule has 2 heterocycles. The normalized spacial score (nSPS) is 12.2. The first kappa shape index (κ1) is 16.0. The Morgan fingerprint density at radius 3 is 2.79 bits per heavy atom. The van der Waals surface area contributed by atoms with Crippen LogP contribution in [-0.2, 0) is 11.3 Å². The Balaban J connectivity index is 1.55. The third-order valence-electron chi connectivity index (χ3n) is 3.94. The Morgan fingerprint density at radius 2 is 2.00 bits per heavy atom. The number of carbonyl (C=O) groups excluding carboxylic acids is 1. The number of nitrogens with zero attached hydrogens (tertiary/aromatic N) is 2. The second-order valence-electron chi connectivity index (χ2n) is 5.66. The van der Waals surface area contributed by atoms with Crippen LogP contribution in [0.3, 0.4) is 0 Å². The molecule has 0 spiro atoms. The summed E-state index contributed by atoms with van der Waals surface area (Å²) < 4.78 is 6.74. The maximum atomic E-state index is 12.1. The molecule has 1 atom stereocenters. The molecular formula is C18H19N3O3. The molecule has 24 heavy (non-hydrogen) atoms. The van der Waals surface area contributed by atoms with Crippen molar-refractivity contribution >= 4 is 17.0 Å². The number of hydrogen-bond acceptors (Lipinski definition) is 4. The van der Waals surface area contributed by atoms with E-state index in [1.165, 1.54) is 0 Å². The summed E-state index contributed by atoms with van der Waals surface area (Å²) in [7, 11) is 0. The van der Waals surface area contributed by atoms with Crippen LogP contribution in [0.25, 0.3) is 11.1 Å². The van der Waals surface area contributed by atoms with Gasteiger partial charge in [-0.25, -0.2) is 4.79 Å². The number of para-hydroxylation sites is 2. The zero-order valence-corrected chi connectivity index (χ0v) is 13.4. The molecule has 1 amide bonds. The van der Waals surface area contributed by atoms with Crippen molar-refractivity contribution in [2.45, 2.75) is 32.4 Å². The molecule has 124 valence electrons. The lowest BCUT2D eigenvalue weighted by Crippen LogP contribution is -2.27. The van der Waals surface area contributed by atoms with Crippen LogP contribution in [0, 0.1) is 0 Å². The highest BCUT2D eigenvalue weighted by molar-refractivity contribution is 5.76. The monoisotopic (exact) mass is 325 g/mol. The number of benzene rings is 1. The van der Waals surface area contributed by atoms with Gasteiger partial charge in [-0.05, 0) is 43.2 Å². The highest BCUT2D eigenvalue weighted by atomic mass is 16.4. The lowest BCUT2D eigenvalue weighted by molar-refractivity contribution is -0.121. The van der Waals surface area contributed by atoms with E-state index in [-0.39, 0.29) is 17.7 Å². The Hall–Kier alpha value is -2.89. The standard InChI is InChI=1S/C18H19N3O3/c1-13(14-8-10-19-11-9-14)20-17(22)7-4-12-21-15-5-2-3-6-16(15)24-18(21)23/h2-3,5-6,8-11,13H,4,7,12H2,1H3,(H,20,22). The van der Waals surface area contributed by atoms with Gasteiger partial charge in [-0.15, -0.1) is 0 Å². The van der Waals surface area contributed by atoms with Gasteiger partial charge in [0.05, 0.1) is 11.6 Å². The predicted molar refractivity (Wildman–Crippen MR) is 90.5 cm³/mol. The smallest absolute Gasteiger partial charge is 0.408 e. The number of pyridine rings is 1. The van der Waals surface area contributed by atoms with E-state index in [2.05, 4.69) is 10.3 Å². The van der Waals surface area contributed by atoms with E-state index in [0.717, 1.165) is 11.1 Å². The molecule has 0 radical (unpaired) electrons. The van der Waals surface area contributed by atoms with Crippen molar-refractivity contribution in [3.8, 4) is 0 Å². The molecule has 1 N–H and O–H groups in total. The SMILES string of the molecule is CC(NC(=O)CCCn1c(=O)oc2ccccc21)c1ccncc1. The fraction of sp³-hybridized carbons (Fsp3) is 0.278. The van der Waals surface area contributed by atoms with E-state index >= 15 is 0 Å². The number of aryl methyl sites for hydroxylation is 1. The highest BCUT2D eigenvalue weighted by Crippen LogP contribution is 2.13. The Labute approximate surface area is 139 Å². The molecule has 6 heteroatoms. The van der Waals surface area contributed by atoms with Crippen molar-refractivity contribution in [2.75, 3.05) is 0 Å². The third kappa shape index (κ3) is 3.53. The van der Waals surface area contributed by atoms with Gasteiger partial charge in [0.1, 0.15) is 0 Å². The summed E-state index contributed by atoms with van der Waals surface area (Å²) in [5, 5.41) is 2.95. The molecule has 0 saturated carbocycles. The van der Waals surface area contributed by atoms with Crippen molar-refractivity contribution in [1.82, 2.24) is 14.9 Å². The number of hydrogen-bond donors (Lipinski definition) is 1. The van der Waals surface area contributed by atoms with Crippen LogP contribution in [0.2, 0.25) is 0 Å². The number of oxazole rings is 1. The lowest BCUT2D eigenvalue weighted by atomic mass is 10.1. The largest absolute Gasteiger partial charge is 0.419 e. The summed E-state index contributed by atoms with van der Waals surface area (Å²) >= 11 is 0. The minimum atomic E-state index is -0.387. The molecule has 0 bridgehead atoms. The van der Waals surface area contributed by atoms with E-state index in [1.807, 2.05) is 37.3 Å². The van der Waals surface area contributed by atoms with Crippen LogP contribution in [0.4, 0.5) is 0 Å². The van der Waals surface area contributed by atoms with Crippen molar-refractivity contribution in [3.63, 3.8) is 0 Å². The fourth-order valence-corrected chi connectivity index (χ4v) is 2.67.